The second-order valence-corrected chi connectivity index (χ2v) is 11.5. The van der Waals surface area contributed by atoms with Crippen molar-refractivity contribution >= 4 is 17.5 Å². The van der Waals surface area contributed by atoms with Gasteiger partial charge in [-0.15, -0.1) is 0 Å². The van der Waals surface area contributed by atoms with Crippen LogP contribution in [0.5, 0.6) is 0 Å². The summed E-state index contributed by atoms with van der Waals surface area (Å²) in [5, 5.41) is 0. The van der Waals surface area contributed by atoms with Crippen molar-refractivity contribution in [2.45, 2.75) is 52.6 Å². The Hall–Kier alpha value is 0.194. The summed E-state index contributed by atoms with van der Waals surface area (Å²) in [5.74, 6) is 0. The molecule has 23 heavy (non-hydrogen) atoms. The maximum absolute atomic E-state index is 6.04. The van der Waals surface area contributed by atoms with E-state index in [4.69, 9.17) is 22.1 Å². The van der Waals surface area contributed by atoms with Crippen LogP contribution in [0.1, 0.15) is 40.5 Å². The Morgan fingerprint density at radius 1 is 0.957 bits per heavy atom. The van der Waals surface area contributed by atoms with Crippen molar-refractivity contribution < 1.29 is 22.1 Å². The summed E-state index contributed by atoms with van der Waals surface area (Å²) < 4.78 is 32.1. The van der Waals surface area contributed by atoms with Crippen LogP contribution in [0.15, 0.2) is 0 Å². The molecule has 0 aromatic heterocycles. The van der Waals surface area contributed by atoms with Gasteiger partial charge in [0.2, 0.25) is 0 Å². The molecule has 1 atom stereocenters. The molecule has 8 heteroatoms. The highest BCUT2D eigenvalue weighted by molar-refractivity contribution is 6.65. The largest absolute Gasteiger partial charge is 0.500 e. The molecule has 0 aromatic carbocycles. The van der Waals surface area contributed by atoms with Gasteiger partial charge in [0.05, 0.1) is 0 Å². The van der Waals surface area contributed by atoms with Crippen LogP contribution in [0.4, 0.5) is 0 Å². The highest BCUT2D eigenvalue weighted by Gasteiger charge is 2.48. The van der Waals surface area contributed by atoms with Crippen molar-refractivity contribution in [3.05, 3.63) is 0 Å². The molecule has 0 saturated carbocycles. The van der Waals surface area contributed by atoms with Crippen LogP contribution in [-0.2, 0) is 22.1 Å². The fourth-order valence-corrected chi connectivity index (χ4v) is 9.14. The Morgan fingerprint density at radius 3 is 2.04 bits per heavy atom. The van der Waals surface area contributed by atoms with E-state index in [0.29, 0.717) is 26.4 Å². The predicted molar refractivity (Wildman–Crippen MR) is 95.4 cm³/mol. The van der Waals surface area contributed by atoms with E-state index < -0.39 is 17.5 Å². The minimum Gasteiger partial charge on any atom is -0.386 e. The van der Waals surface area contributed by atoms with Gasteiger partial charge in [-0.1, -0.05) is 0 Å². The second kappa shape index (κ2) is 10.9. The Morgan fingerprint density at radius 2 is 1.57 bits per heavy atom. The van der Waals surface area contributed by atoms with Gasteiger partial charge in [-0.25, -0.2) is 0 Å². The first-order valence-electron chi connectivity index (χ1n) is 8.98. The standard InChI is InChI=1S/C15H35NO5Si2/c1-6-18-22(17-5)14-10-12-16(22)13-11-15-23(19-7-2,20-8-3)21-9-4/h6-15H2,1-5H3. The minimum absolute atomic E-state index is 0.631. The second-order valence-electron chi connectivity index (χ2n) is 5.53. The van der Waals surface area contributed by atoms with Gasteiger partial charge in [0.15, 0.2) is 0 Å². The van der Waals surface area contributed by atoms with Gasteiger partial charge in [-0.2, -0.15) is 0 Å². The first-order valence-corrected chi connectivity index (χ1v) is 12.9. The molecule has 0 N–H and O–H groups in total. The van der Waals surface area contributed by atoms with E-state index in [-0.39, 0.29) is 0 Å². The fraction of sp³-hybridized carbons (Fsp3) is 1.00. The molecule has 1 saturated heterocycles. The van der Waals surface area contributed by atoms with E-state index in [0.717, 1.165) is 38.0 Å². The summed E-state index contributed by atoms with van der Waals surface area (Å²) in [6.07, 6.45) is 2.14. The van der Waals surface area contributed by atoms with Crippen LogP contribution in [0.25, 0.3) is 0 Å². The first-order chi connectivity index (χ1) is 11.1. The summed E-state index contributed by atoms with van der Waals surface area (Å²) in [6, 6.07) is 1.90. The molecule has 0 spiro atoms. The Bertz CT molecular complexity index is 307. The normalized spacial score (nSPS) is 22.8. The topological polar surface area (TPSA) is 49.4 Å². The van der Waals surface area contributed by atoms with Crippen molar-refractivity contribution in [3.63, 3.8) is 0 Å². The van der Waals surface area contributed by atoms with Crippen LogP contribution < -0.4 is 0 Å². The molecular formula is C15H35NO5Si2. The van der Waals surface area contributed by atoms with E-state index in [1.54, 1.807) is 7.11 Å². The zero-order valence-corrected chi connectivity index (χ0v) is 17.6. The third kappa shape index (κ3) is 5.89. The monoisotopic (exact) mass is 365 g/mol. The molecule has 1 fully saturated rings. The number of rotatable bonds is 13. The third-order valence-corrected chi connectivity index (χ3v) is 11.0. The molecule has 1 rings (SSSR count). The van der Waals surface area contributed by atoms with Gasteiger partial charge >= 0.3 is 17.5 Å². The molecule has 1 aliphatic rings. The lowest BCUT2D eigenvalue weighted by Crippen LogP contribution is -2.54. The molecular weight excluding hydrogens is 330 g/mol. The van der Waals surface area contributed by atoms with Gasteiger partial charge in [0, 0.05) is 45.6 Å². The summed E-state index contributed by atoms with van der Waals surface area (Å²) in [6.45, 7) is 12.7. The van der Waals surface area contributed by atoms with Crippen molar-refractivity contribution in [1.82, 2.24) is 4.57 Å². The molecule has 138 valence electrons. The van der Waals surface area contributed by atoms with Crippen LogP contribution in [-0.4, -0.2) is 68.7 Å². The van der Waals surface area contributed by atoms with Gasteiger partial charge in [-0.3, -0.25) is 4.57 Å². The molecule has 0 bridgehead atoms. The molecule has 1 unspecified atom stereocenters. The summed E-state index contributed by atoms with van der Waals surface area (Å²) >= 11 is 0. The van der Waals surface area contributed by atoms with E-state index in [2.05, 4.69) is 4.57 Å². The van der Waals surface area contributed by atoms with Gasteiger partial charge in [0.1, 0.15) is 0 Å². The molecule has 0 aliphatic carbocycles. The fourth-order valence-electron chi connectivity index (χ4n) is 3.27. The van der Waals surface area contributed by atoms with Crippen molar-refractivity contribution in [2.24, 2.45) is 0 Å². The van der Waals surface area contributed by atoms with Gasteiger partial charge in [0.25, 0.3) is 0 Å². The first kappa shape index (κ1) is 21.2. The lowest BCUT2D eigenvalue weighted by atomic mass is 10.4. The zero-order chi connectivity index (χ0) is 17.2. The molecule has 1 aliphatic heterocycles. The number of hydrogen-bond acceptors (Lipinski definition) is 6. The van der Waals surface area contributed by atoms with E-state index >= 15 is 0 Å². The molecule has 0 aromatic rings. The maximum atomic E-state index is 6.04. The van der Waals surface area contributed by atoms with Crippen LogP contribution in [0.2, 0.25) is 12.1 Å². The Kier molecular flexibility index (Phi) is 10.1. The minimum atomic E-state index is -2.54. The smallest absolute Gasteiger partial charge is 0.386 e. The third-order valence-electron chi connectivity index (χ3n) is 4.10. The maximum Gasteiger partial charge on any atom is 0.500 e. The molecule has 0 amide bonds. The van der Waals surface area contributed by atoms with Crippen molar-refractivity contribution in [1.29, 1.82) is 0 Å². The highest BCUT2D eigenvalue weighted by Crippen LogP contribution is 2.29. The lowest BCUT2D eigenvalue weighted by molar-refractivity contribution is 0.0698. The summed E-state index contributed by atoms with van der Waals surface area (Å²) in [7, 11) is -2.91. The zero-order valence-electron chi connectivity index (χ0n) is 15.6. The van der Waals surface area contributed by atoms with Crippen LogP contribution in [0, 0.1) is 0 Å². The Balaban J connectivity index is 2.60. The Labute approximate surface area is 144 Å². The average molecular weight is 366 g/mol. The lowest BCUT2D eigenvalue weighted by Gasteiger charge is -2.34. The van der Waals surface area contributed by atoms with Crippen molar-refractivity contribution in [2.75, 3.05) is 46.6 Å². The van der Waals surface area contributed by atoms with E-state index in [1.807, 2.05) is 27.7 Å². The van der Waals surface area contributed by atoms with Gasteiger partial charge in [-0.05, 0) is 53.6 Å². The predicted octanol–water partition coefficient (Wildman–Crippen LogP) is 2.75. The molecule has 1 heterocycles. The van der Waals surface area contributed by atoms with Crippen LogP contribution in [0.3, 0.4) is 0 Å². The number of nitrogens with zero attached hydrogens (tertiary/aromatic N) is 1. The van der Waals surface area contributed by atoms with E-state index in [9.17, 15) is 0 Å². The molecule has 0 radical (unpaired) electrons. The van der Waals surface area contributed by atoms with E-state index in [1.165, 1.54) is 0 Å². The SMILES string of the molecule is CCO[Si](CCCN1CCC[Si]1(OC)OCC)(OCC)OCC. The highest BCUT2D eigenvalue weighted by atomic mass is 28.4. The average Bonchev–Trinajstić information content (AvgIpc) is 2.92. The summed E-state index contributed by atoms with van der Waals surface area (Å²) in [4.78, 5) is 0. The molecule has 6 nitrogen and oxygen atoms in total. The summed E-state index contributed by atoms with van der Waals surface area (Å²) in [5.41, 5.74) is 0. The quantitative estimate of drug-likeness (QED) is 0.468. The number of hydrogen-bond donors (Lipinski definition) is 0. The van der Waals surface area contributed by atoms with Crippen molar-refractivity contribution in [3.8, 4) is 0 Å². The van der Waals surface area contributed by atoms with Gasteiger partial charge < -0.3 is 22.1 Å². The van der Waals surface area contributed by atoms with Crippen LogP contribution >= 0.6 is 0 Å².